The summed E-state index contributed by atoms with van der Waals surface area (Å²) in [4.78, 5) is 0. The number of hydrogen-bond donors (Lipinski definition) is 0. The van der Waals surface area contributed by atoms with E-state index < -0.39 is 0 Å². The van der Waals surface area contributed by atoms with Gasteiger partial charge in [0.05, 0.1) is 7.11 Å². The Bertz CT molecular complexity index is 371. The number of methoxy groups -OCH3 is 1. The van der Waals surface area contributed by atoms with Gasteiger partial charge in [0.1, 0.15) is 5.75 Å². The van der Waals surface area contributed by atoms with Gasteiger partial charge in [0.25, 0.3) is 0 Å². The van der Waals surface area contributed by atoms with E-state index in [4.69, 9.17) is 16.3 Å². The molecule has 17 heavy (non-hydrogen) atoms. The molecule has 0 N–H and O–H groups in total. The number of halogens is 1. The molecule has 1 aromatic carbocycles. The van der Waals surface area contributed by atoms with E-state index in [1.165, 1.54) is 16.7 Å². The van der Waals surface area contributed by atoms with Crippen molar-refractivity contribution in [3.63, 3.8) is 0 Å². The van der Waals surface area contributed by atoms with Crippen LogP contribution < -0.4 is 4.74 Å². The first-order valence-electron chi connectivity index (χ1n) is 6.22. The summed E-state index contributed by atoms with van der Waals surface area (Å²) in [5.41, 5.74) is 3.92. The Morgan fingerprint density at radius 3 is 2.29 bits per heavy atom. The maximum Gasteiger partial charge on any atom is 0.122 e. The first-order chi connectivity index (χ1) is 8.01. The number of aryl methyl sites for hydroxylation is 2. The van der Waals surface area contributed by atoms with E-state index in [1.807, 2.05) is 0 Å². The van der Waals surface area contributed by atoms with Gasteiger partial charge in [0, 0.05) is 5.88 Å². The summed E-state index contributed by atoms with van der Waals surface area (Å²) in [6.07, 6.45) is 1.03. The van der Waals surface area contributed by atoms with Crippen molar-refractivity contribution < 1.29 is 4.74 Å². The van der Waals surface area contributed by atoms with Gasteiger partial charge < -0.3 is 4.74 Å². The van der Waals surface area contributed by atoms with Crippen LogP contribution in [0.25, 0.3) is 0 Å². The lowest BCUT2D eigenvalue weighted by Crippen LogP contribution is -2.10. The minimum atomic E-state index is 0.539. The van der Waals surface area contributed by atoms with E-state index in [0.717, 1.165) is 12.2 Å². The predicted molar refractivity (Wildman–Crippen MR) is 75.4 cm³/mol. The predicted octanol–water partition coefficient (Wildman–Crippen LogP) is 4.68. The molecule has 0 saturated carbocycles. The van der Waals surface area contributed by atoms with Gasteiger partial charge in [-0.3, -0.25) is 0 Å². The van der Waals surface area contributed by atoms with Crippen LogP contribution in [-0.4, -0.2) is 13.0 Å². The average molecular weight is 255 g/mol. The molecule has 1 nitrogen and oxygen atoms in total. The number of alkyl halides is 1. The topological polar surface area (TPSA) is 9.23 Å². The van der Waals surface area contributed by atoms with Crippen molar-refractivity contribution in [1.82, 2.24) is 0 Å². The van der Waals surface area contributed by atoms with E-state index in [1.54, 1.807) is 7.11 Å². The maximum atomic E-state index is 5.92. The average Bonchev–Trinajstić information content (AvgIpc) is 2.28. The van der Waals surface area contributed by atoms with Crippen molar-refractivity contribution >= 4 is 11.6 Å². The summed E-state index contributed by atoms with van der Waals surface area (Å²) in [6.45, 7) is 8.77. The van der Waals surface area contributed by atoms with E-state index in [2.05, 4.69) is 39.8 Å². The first kappa shape index (κ1) is 14.4. The van der Waals surface area contributed by atoms with E-state index in [9.17, 15) is 0 Å². The fraction of sp³-hybridized carbons (Fsp3) is 0.600. The molecule has 96 valence electrons. The second-order valence-electron chi connectivity index (χ2n) is 5.01. The lowest BCUT2D eigenvalue weighted by molar-refractivity contribution is 0.410. The van der Waals surface area contributed by atoms with Crippen LogP contribution in [0.3, 0.4) is 0 Å². The highest BCUT2D eigenvalue weighted by atomic mass is 35.5. The second kappa shape index (κ2) is 6.30. The minimum absolute atomic E-state index is 0.539. The Balaban J connectivity index is 3.15. The fourth-order valence-electron chi connectivity index (χ4n) is 2.40. The molecule has 0 fully saturated rings. The van der Waals surface area contributed by atoms with Crippen molar-refractivity contribution in [2.24, 2.45) is 5.92 Å². The Hall–Kier alpha value is -0.690. The van der Waals surface area contributed by atoms with Crippen LogP contribution in [0.15, 0.2) is 12.1 Å². The standard InChI is InChI=1S/C15H23ClO/c1-10(2)13(6-7-16)14-8-12(4)15(17-5)9-11(14)3/h8-10,13H,6-7H2,1-5H3. The van der Waals surface area contributed by atoms with Gasteiger partial charge in [-0.15, -0.1) is 11.6 Å². The molecule has 0 radical (unpaired) electrons. The molecular formula is C15H23ClO. The monoisotopic (exact) mass is 254 g/mol. The van der Waals surface area contributed by atoms with Gasteiger partial charge in [-0.25, -0.2) is 0 Å². The highest BCUT2D eigenvalue weighted by Gasteiger charge is 2.18. The number of hydrogen-bond acceptors (Lipinski definition) is 1. The Morgan fingerprint density at radius 1 is 1.18 bits per heavy atom. The van der Waals surface area contributed by atoms with Crippen molar-refractivity contribution in [1.29, 1.82) is 0 Å². The molecule has 0 aromatic heterocycles. The fourth-order valence-corrected chi connectivity index (χ4v) is 2.63. The molecule has 0 heterocycles. The zero-order valence-corrected chi connectivity index (χ0v) is 12.3. The summed E-state index contributed by atoms with van der Waals surface area (Å²) in [6, 6.07) is 4.39. The molecule has 0 aliphatic rings. The number of benzene rings is 1. The van der Waals surface area contributed by atoms with Gasteiger partial charge in [0.2, 0.25) is 0 Å². The third kappa shape index (κ3) is 3.38. The molecule has 0 bridgehead atoms. The largest absolute Gasteiger partial charge is 0.496 e. The Morgan fingerprint density at radius 2 is 1.82 bits per heavy atom. The third-order valence-corrected chi connectivity index (χ3v) is 3.63. The molecule has 1 aromatic rings. The highest BCUT2D eigenvalue weighted by Crippen LogP contribution is 2.34. The maximum absolute atomic E-state index is 5.92. The van der Waals surface area contributed by atoms with Crippen LogP contribution in [0.2, 0.25) is 0 Å². The van der Waals surface area contributed by atoms with E-state index in [0.29, 0.717) is 17.7 Å². The van der Waals surface area contributed by atoms with Crippen LogP contribution in [-0.2, 0) is 0 Å². The van der Waals surface area contributed by atoms with Gasteiger partial charge in [-0.2, -0.15) is 0 Å². The summed E-state index contributed by atoms with van der Waals surface area (Å²) in [5, 5.41) is 0. The zero-order valence-electron chi connectivity index (χ0n) is 11.5. The lowest BCUT2D eigenvalue weighted by Gasteiger charge is -2.23. The normalized spacial score (nSPS) is 12.9. The molecule has 0 aliphatic carbocycles. The molecule has 2 heteroatoms. The van der Waals surface area contributed by atoms with Crippen LogP contribution in [0.1, 0.15) is 42.9 Å². The minimum Gasteiger partial charge on any atom is -0.496 e. The zero-order chi connectivity index (χ0) is 13.0. The van der Waals surface area contributed by atoms with Crippen molar-refractivity contribution in [2.45, 2.75) is 40.0 Å². The SMILES string of the molecule is COc1cc(C)c(C(CCCl)C(C)C)cc1C. The van der Waals surface area contributed by atoms with E-state index >= 15 is 0 Å². The number of ether oxygens (including phenoxy) is 1. The summed E-state index contributed by atoms with van der Waals surface area (Å²) in [5.74, 6) is 2.84. The van der Waals surface area contributed by atoms with E-state index in [-0.39, 0.29) is 0 Å². The molecular weight excluding hydrogens is 232 g/mol. The van der Waals surface area contributed by atoms with Gasteiger partial charge in [-0.05, 0) is 54.9 Å². The number of rotatable bonds is 5. The van der Waals surface area contributed by atoms with Crippen LogP contribution in [0.5, 0.6) is 5.75 Å². The smallest absolute Gasteiger partial charge is 0.122 e. The van der Waals surface area contributed by atoms with Crippen molar-refractivity contribution in [2.75, 3.05) is 13.0 Å². The van der Waals surface area contributed by atoms with Gasteiger partial charge >= 0.3 is 0 Å². The van der Waals surface area contributed by atoms with Crippen molar-refractivity contribution in [3.8, 4) is 5.75 Å². The van der Waals surface area contributed by atoms with Gasteiger partial charge in [0.15, 0.2) is 0 Å². The molecule has 1 rings (SSSR count). The molecule has 1 unspecified atom stereocenters. The Kier molecular flexibility index (Phi) is 5.32. The van der Waals surface area contributed by atoms with Crippen molar-refractivity contribution in [3.05, 3.63) is 28.8 Å². The quantitative estimate of drug-likeness (QED) is 0.694. The van der Waals surface area contributed by atoms with Crippen LogP contribution in [0, 0.1) is 19.8 Å². The molecule has 0 amide bonds. The van der Waals surface area contributed by atoms with Crippen LogP contribution in [0.4, 0.5) is 0 Å². The summed E-state index contributed by atoms with van der Waals surface area (Å²) < 4.78 is 5.35. The van der Waals surface area contributed by atoms with Crippen LogP contribution >= 0.6 is 11.6 Å². The summed E-state index contributed by atoms with van der Waals surface area (Å²) in [7, 11) is 1.72. The molecule has 0 spiro atoms. The third-order valence-electron chi connectivity index (χ3n) is 3.41. The summed E-state index contributed by atoms with van der Waals surface area (Å²) >= 11 is 5.92. The second-order valence-corrected chi connectivity index (χ2v) is 5.38. The molecule has 0 saturated heterocycles. The highest BCUT2D eigenvalue weighted by molar-refractivity contribution is 6.17. The van der Waals surface area contributed by atoms with Gasteiger partial charge in [-0.1, -0.05) is 19.9 Å². The molecule has 1 atom stereocenters. The first-order valence-corrected chi connectivity index (χ1v) is 6.75. The lowest BCUT2D eigenvalue weighted by atomic mass is 9.83. The molecule has 0 aliphatic heterocycles. The Labute approximate surface area is 110 Å².